The van der Waals surface area contributed by atoms with Gasteiger partial charge in [0.2, 0.25) is 29.5 Å². The van der Waals surface area contributed by atoms with Crippen molar-refractivity contribution in [1.29, 1.82) is 0 Å². The molecule has 0 saturated heterocycles. The van der Waals surface area contributed by atoms with E-state index in [0.29, 0.717) is 6.42 Å². The Morgan fingerprint density at radius 3 is 1.93 bits per heavy atom. The van der Waals surface area contributed by atoms with Gasteiger partial charge >= 0.3 is 0 Å². The molecular formula is C33H55N5O6. The molecule has 2 unspecified atom stereocenters. The lowest BCUT2D eigenvalue weighted by Gasteiger charge is -2.27. The second-order valence-corrected chi connectivity index (χ2v) is 12.0. The average Bonchev–Trinajstić information content (AvgIpc) is 2.96. The number of nitrogens with two attached hydrogens (primary N) is 1. The van der Waals surface area contributed by atoms with Crippen LogP contribution in [0.3, 0.4) is 0 Å². The third kappa shape index (κ3) is 15.8. The Hall–Kier alpha value is -3.47. The van der Waals surface area contributed by atoms with Crippen molar-refractivity contribution in [2.75, 3.05) is 0 Å². The highest BCUT2D eigenvalue weighted by molar-refractivity contribution is 5.94. The molecule has 7 N–H and O–H groups in total. The Morgan fingerprint density at radius 1 is 0.750 bits per heavy atom. The lowest BCUT2D eigenvalue weighted by atomic mass is 10.0. The molecule has 44 heavy (non-hydrogen) atoms. The average molecular weight is 618 g/mol. The maximum Gasteiger partial charge on any atom is 0.243 e. The fraction of sp³-hybridized carbons (Fsp3) is 0.667. The molecule has 0 bridgehead atoms. The number of hydrogen-bond donors (Lipinski definition) is 6. The standard InChI is InChI=1S/C33H55N5O6/c1-6-7-8-9-10-11-15-18-29(41)38-30(22(2)3)33(44)37-27(21-25-16-13-12-14-17-25)32(43)35-23(4)31(42)36-26(24(5)39)19-20-28(34)40/h12-14,16-17,22-24,26-27,30,39H,6-11,15,18-21H2,1-5H3,(H2,34,40)(H,35,43)(H,36,42)(H,37,44)(H,38,41)/t23-,24?,26?,27-,30-/m0/s1. The van der Waals surface area contributed by atoms with Crippen LogP contribution in [-0.4, -0.2) is 64.9 Å². The largest absolute Gasteiger partial charge is 0.391 e. The number of aliphatic hydroxyl groups is 1. The Balaban J connectivity index is 2.89. The van der Waals surface area contributed by atoms with Crippen molar-refractivity contribution in [2.45, 2.75) is 136 Å². The molecule has 1 rings (SSSR count). The summed E-state index contributed by atoms with van der Waals surface area (Å²) in [6, 6.07) is 5.56. The number of nitrogens with one attached hydrogen (secondary N) is 4. The molecule has 0 radical (unpaired) electrons. The van der Waals surface area contributed by atoms with E-state index >= 15 is 0 Å². The first-order valence-corrected chi connectivity index (χ1v) is 16.1. The van der Waals surface area contributed by atoms with Gasteiger partial charge in [-0.25, -0.2) is 0 Å². The van der Waals surface area contributed by atoms with Crippen molar-refractivity contribution >= 4 is 29.5 Å². The van der Waals surface area contributed by atoms with Gasteiger partial charge in [-0.05, 0) is 38.2 Å². The summed E-state index contributed by atoms with van der Waals surface area (Å²) in [4.78, 5) is 63.5. The number of carbonyl (C=O) groups excluding carboxylic acids is 5. The van der Waals surface area contributed by atoms with Crippen LogP contribution in [0.25, 0.3) is 0 Å². The van der Waals surface area contributed by atoms with Crippen molar-refractivity contribution in [3.63, 3.8) is 0 Å². The van der Waals surface area contributed by atoms with Crippen molar-refractivity contribution in [1.82, 2.24) is 21.3 Å². The zero-order valence-electron chi connectivity index (χ0n) is 27.2. The van der Waals surface area contributed by atoms with Gasteiger partial charge in [-0.2, -0.15) is 0 Å². The molecule has 0 aromatic heterocycles. The van der Waals surface area contributed by atoms with E-state index in [1.807, 2.05) is 44.2 Å². The minimum atomic E-state index is -1.02. The summed E-state index contributed by atoms with van der Waals surface area (Å²) in [5.41, 5.74) is 6.00. The number of amides is 5. The van der Waals surface area contributed by atoms with Crippen LogP contribution in [0.5, 0.6) is 0 Å². The third-order valence-electron chi connectivity index (χ3n) is 7.55. The second-order valence-electron chi connectivity index (χ2n) is 12.0. The molecule has 0 aliphatic rings. The van der Waals surface area contributed by atoms with Crippen LogP contribution in [0.1, 0.15) is 104 Å². The van der Waals surface area contributed by atoms with Gasteiger partial charge in [-0.15, -0.1) is 0 Å². The summed E-state index contributed by atoms with van der Waals surface area (Å²) in [5.74, 6) is -2.61. The van der Waals surface area contributed by atoms with Crippen LogP contribution >= 0.6 is 0 Å². The van der Waals surface area contributed by atoms with Crippen LogP contribution in [0.4, 0.5) is 0 Å². The summed E-state index contributed by atoms with van der Waals surface area (Å²) in [5, 5.41) is 21.0. The SMILES string of the molecule is CCCCCCCCCC(=O)N[C@H](C(=O)N[C@@H](Cc1ccccc1)C(=O)N[C@@H](C)C(=O)NC(CCC(N)=O)C(C)O)C(C)C. The van der Waals surface area contributed by atoms with Crippen LogP contribution in [0.2, 0.25) is 0 Å². The van der Waals surface area contributed by atoms with Gasteiger partial charge in [0.25, 0.3) is 0 Å². The van der Waals surface area contributed by atoms with E-state index in [1.165, 1.54) is 33.1 Å². The zero-order chi connectivity index (χ0) is 33.1. The van der Waals surface area contributed by atoms with Crippen LogP contribution in [0.15, 0.2) is 30.3 Å². The topological polar surface area (TPSA) is 180 Å². The monoisotopic (exact) mass is 617 g/mol. The number of rotatable bonds is 22. The van der Waals surface area contributed by atoms with E-state index in [9.17, 15) is 29.1 Å². The lowest BCUT2D eigenvalue weighted by molar-refractivity contribution is -0.134. The second kappa shape index (κ2) is 21.3. The molecule has 0 spiro atoms. The number of hydrogen-bond acceptors (Lipinski definition) is 6. The number of benzene rings is 1. The number of primary amides is 1. The molecular weight excluding hydrogens is 562 g/mol. The number of unbranched alkanes of at least 4 members (excludes halogenated alkanes) is 6. The first-order valence-electron chi connectivity index (χ1n) is 16.1. The zero-order valence-corrected chi connectivity index (χ0v) is 27.2. The van der Waals surface area contributed by atoms with E-state index in [4.69, 9.17) is 5.73 Å². The van der Waals surface area contributed by atoms with Gasteiger partial charge in [0, 0.05) is 19.3 Å². The van der Waals surface area contributed by atoms with Crippen LogP contribution in [0, 0.1) is 5.92 Å². The minimum absolute atomic E-state index is 0.0195. The summed E-state index contributed by atoms with van der Waals surface area (Å²) >= 11 is 0. The van der Waals surface area contributed by atoms with Crippen molar-refractivity contribution < 1.29 is 29.1 Å². The van der Waals surface area contributed by atoms with Crippen LogP contribution in [-0.2, 0) is 30.4 Å². The number of aliphatic hydroxyl groups excluding tert-OH is 1. The molecule has 0 heterocycles. The smallest absolute Gasteiger partial charge is 0.243 e. The third-order valence-corrected chi connectivity index (χ3v) is 7.55. The quantitative estimate of drug-likeness (QED) is 0.109. The van der Waals surface area contributed by atoms with Crippen molar-refractivity contribution in [3.05, 3.63) is 35.9 Å². The molecule has 5 atom stereocenters. The van der Waals surface area contributed by atoms with E-state index in [2.05, 4.69) is 28.2 Å². The molecule has 11 heteroatoms. The van der Waals surface area contributed by atoms with Crippen molar-refractivity contribution in [3.8, 4) is 0 Å². The molecule has 0 fully saturated rings. The molecule has 1 aromatic rings. The predicted octanol–water partition coefficient (Wildman–Crippen LogP) is 2.63. The summed E-state index contributed by atoms with van der Waals surface area (Å²) in [6.45, 7) is 8.80. The summed E-state index contributed by atoms with van der Waals surface area (Å²) in [6.07, 6.45) is 7.26. The van der Waals surface area contributed by atoms with E-state index in [-0.39, 0.29) is 31.1 Å². The lowest BCUT2D eigenvalue weighted by Crippen LogP contribution is -2.58. The van der Waals surface area contributed by atoms with Gasteiger partial charge in [-0.3, -0.25) is 24.0 Å². The first-order chi connectivity index (χ1) is 20.8. The molecule has 11 nitrogen and oxygen atoms in total. The molecule has 1 aromatic carbocycles. The van der Waals surface area contributed by atoms with Gasteiger partial charge in [-0.1, -0.05) is 89.6 Å². The Kier molecular flexibility index (Phi) is 18.6. The Labute approximate surface area is 262 Å². The number of carbonyl (C=O) groups is 5. The highest BCUT2D eigenvalue weighted by Gasteiger charge is 2.31. The molecule has 5 amide bonds. The maximum atomic E-state index is 13.4. The normalized spacial score (nSPS) is 14.5. The van der Waals surface area contributed by atoms with E-state index < -0.39 is 53.9 Å². The van der Waals surface area contributed by atoms with E-state index in [0.717, 1.165) is 31.2 Å². The molecule has 0 aliphatic heterocycles. The van der Waals surface area contributed by atoms with Crippen molar-refractivity contribution in [2.24, 2.45) is 11.7 Å². The Morgan fingerprint density at radius 2 is 1.36 bits per heavy atom. The predicted molar refractivity (Wildman–Crippen MR) is 171 cm³/mol. The van der Waals surface area contributed by atoms with E-state index in [1.54, 1.807) is 0 Å². The molecule has 248 valence electrons. The fourth-order valence-corrected chi connectivity index (χ4v) is 4.76. The highest BCUT2D eigenvalue weighted by Crippen LogP contribution is 2.11. The minimum Gasteiger partial charge on any atom is -0.391 e. The van der Waals surface area contributed by atoms with Gasteiger partial charge in [0.15, 0.2) is 0 Å². The summed E-state index contributed by atoms with van der Waals surface area (Å²) < 4.78 is 0. The van der Waals surface area contributed by atoms with Gasteiger partial charge in [0.1, 0.15) is 18.1 Å². The van der Waals surface area contributed by atoms with Crippen LogP contribution < -0.4 is 27.0 Å². The Bertz CT molecular complexity index is 1030. The van der Waals surface area contributed by atoms with Gasteiger partial charge in [0.05, 0.1) is 12.1 Å². The molecule has 0 saturated carbocycles. The molecule has 0 aliphatic carbocycles. The maximum absolute atomic E-state index is 13.4. The summed E-state index contributed by atoms with van der Waals surface area (Å²) in [7, 11) is 0. The highest BCUT2D eigenvalue weighted by atomic mass is 16.3. The first kappa shape index (κ1) is 38.6. The van der Waals surface area contributed by atoms with Gasteiger partial charge < -0.3 is 32.1 Å². The fourth-order valence-electron chi connectivity index (χ4n) is 4.76.